The summed E-state index contributed by atoms with van der Waals surface area (Å²) in [5.41, 5.74) is 5.55. The van der Waals surface area contributed by atoms with Crippen LogP contribution in [0.3, 0.4) is 0 Å². The third-order valence-electron chi connectivity index (χ3n) is 3.14. The summed E-state index contributed by atoms with van der Waals surface area (Å²) in [6.45, 7) is 8.19. The molecule has 88 valence electrons. The van der Waals surface area contributed by atoms with Gasteiger partial charge in [-0.25, -0.2) is 0 Å². The Hall–Kier alpha value is -0.610. The standard InChI is InChI=1S/C11H23N3O/c1-3-13(4-2)11(15)10-6-5-8-14(10)9-7-12/h10H,3-9,12H2,1-2H3. The fourth-order valence-corrected chi connectivity index (χ4v) is 2.29. The van der Waals surface area contributed by atoms with Crippen LogP contribution in [-0.2, 0) is 4.79 Å². The smallest absolute Gasteiger partial charge is 0.239 e. The van der Waals surface area contributed by atoms with Crippen molar-refractivity contribution in [2.45, 2.75) is 32.7 Å². The number of amides is 1. The minimum Gasteiger partial charge on any atom is -0.342 e. The van der Waals surface area contributed by atoms with Crippen molar-refractivity contribution in [1.82, 2.24) is 9.80 Å². The molecule has 1 fully saturated rings. The Morgan fingerprint density at radius 3 is 2.67 bits per heavy atom. The Bertz CT molecular complexity index is 204. The van der Waals surface area contributed by atoms with E-state index in [0.717, 1.165) is 39.0 Å². The molecule has 0 radical (unpaired) electrons. The molecule has 1 unspecified atom stereocenters. The summed E-state index contributed by atoms with van der Waals surface area (Å²) in [6, 6.07) is 0.0912. The molecule has 1 atom stereocenters. The van der Waals surface area contributed by atoms with Gasteiger partial charge in [0.2, 0.25) is 5.91 Å². The first-order valence-electron chi connectivity index (χ1n) is 5.97. The minimum absolute atomic E-state index is 0.0912. The van der Waals surface area contributed by atoms with Crippen molar-refractivity contribution in [2.24, 2.45) is 5.73 Å². The molecule has 1 saturated heterocycles. The molecule has 0 aliphatic carbocycles. The molecule has 0 aromatic heterocycles. The molecule has 1 aliphatic heterocycles. The molecular formula is C11H23N3O. The predicted octanol–water partition coefficient (Wildman–Crippen LogP) is 0.278. The number of hydrogen-bond donors (Lipinski definition) is 1. The van der Waals surface area contributed by atoms with Crippen LogP contribution in [0.15, 0.2) is 0 Å². The second-order valence-corrected chi connectivity index (χ2v) is 3.99. The topological polar surface area (TPSA) is 49.6 Å². The van der Waals surface area contributed by atoms with Crippen LogP contribution >= 0.6 is 0 Å². The third-order valence-corrected chi connectivity index (χ3v) is 3.14. The zero-order valence-corrected chi connectivity index (χ0v) is 9.91. The number of nitrogens with two attached hydrogens (primary N) is 1. The van der Waals surface area contributed by atoms with Crippen molar-refractivity contribution in [2.75, 3.05) is 32.7 Å². The molecule has 15 heavy (non-hydrogen) atoms. The Morgan fingerprint density at radius 1 is 1.47 bits per heavy atom. The van der Waals surface area contributed by atoms with Gasteiger partial charge in [0.25, 0.3) is 0 Å². The number of hydrogen-bond acceptors (Lipinski definition) is 3. The molecule has 1 heterocycles. The average molecular weight is 213 g/mol. The van der Waals surface area contributed by atoms with E-state index in [-0.39, 0.29) is 11.9 Å². The van der Waals surface area contributed by atoms with E-state index in [9.17, 15) is 4.79 Å². The fraction of sp³-hybridized carbons (Fsp3) is 0.909. The number of carbonyl (C=O) groups excluding carboxylic acids is 1. The monoisotopic (exact) mass is 213 g/mol. The summed E-state index contributed by atoms with van der Waals surface area (Å²) in [4.78, 5) is 16.3. The summed E-state index contributed by atoms with van der Waals surface area (Å²) in [5.74, 6) is 0.283. The van der Waals surface area contributed by atoms with Gasteiger partial charge in [-0.3, -0.25) is 9.69 Å². The maximum absolute atomic E-state index is 12.1. The molecule has 1 amide bonds. The van der Waals surface area contributed by atoms with Crippen molar-refractivity contribution >= 4 is 5.91 Å². The van der Waals surface area contributed by atoms with E-state index in [2.05, 4.69) is 4.90 Å². The molecule has 1 rings (SSSR count). The van der Waals surface area contributed by atoms with Crippen LogP contribution in [-0.4, -0.2) is 54.5 Å². The van der Waals surface area contributed by atoms with Gasteiger partial charge in [-0.1, -0.05) is 0 Å². The average Bonchev–Trinajstić information content (AvgIpc) is 2.68. The molecule has 0 aromatic carbocycles. The summed E-state index contributed by atoms with van der Waals surface area (Å²) in [5, 5.41) is 0. The Kier molecular flexibility index (Phi) is 5.05. The van der Waals surface area contributed by atoms with E-state index < -0.39 is 0 Å². The first-order valence-corrected chi connectivity index (χ1v) is 5.97. The molecule has 0 saturated carbocycles. The van der Waals surface area contributed by atoms with Gasteiger partial charge >= 0.3 is 0 Å². The maximum atomic E-state index is 12.1. The van der Waals surface area contributed by atoms with Crippen LogP contribution in [0.2, 0.25) is 0 Å². The highest BCUT2D eigenvalue weighted by atomic mass is 16.2. The van der Waals surface area contributed by atoms with E-state index >= 15 is 0 Å². The maximum Gasteiger partial charge on any atom is 0.239 e. The van der Waals surface area contributed by atoms with Crippen molar-refractivity contribution < 1.29 is 4.79 Å². The second kappa shape index (κ2) is 6.08. The van der Waals surface area contributed by atoms with Gasteiger partial charge in [0.15, 0.2) is 0 Å². The van der Waals surface area contributed by atoms with Crippen molar-refractivity contribution in [3.05, 3.63) is 0 Å². The van der Waals surface area contributed by atoms with Gasteiger partial charge in [0.05, 0.1) is 6.04 Å². The summed E-state index contributed by atoms with van der Waals surface area (Å²) >= 11 is 0. The third kappa shape index (κ3) is 2.92. The van der Waals surface area contributed by atoms with E-state index in [1.54, 1.807) is 0 Å². The molecule has 4 heteroatoms. The number of nitrogens with zero attached hydrogens (tertiary/aromatic N) is 2. The van der Waals surface area contributed by atoms with Crippen LogP contribution in [0.4, 0.5) is 0 Å². The van der Waals surface area contributed by atoms with Gasteiger partial charge in [0.1, 0.15) is 0 Å². The van der Waals surface area contributed by atoms with Crippen LogP contribution in [0.1, 0.15) is 26.7 Å². The van der Waals surface area contributed by atoms with E-state index in [1.807, 2.05) is 18.7 Å². The molecule has 0 aromatic rings. The highest BCUT2D eigenvalue weighted by molar-refractivity contribution is 5.82. The molecular weight excluding hydrogens is 190 g/mol. The van der Waals surface area contributed by atoms with Crippen molar-refractivity contribution in [3.63, 3.8) is 0 Å². The van der Waals surface area contributed by atoms with Crippen LogP contribution in [0, 0.1) is 0 Å². The van der Waals surface area contributed by atoms with Gasteiger partial charge < -0.3 is 10.6 Å². The van der Waals surface area contributed by atoms with Gasteiger partial charge in [-0.2, -0.15) is 0 Å². The highest BCUT2D eigenvalue weighted by Gasteiger charge is 2.31. The van der Waals surface area contributed by atoms with Crippen LogP contribution < -0.4 is 5.73 Å². The van der Waals surface area contributed by atoms with Gasteiger partial charge in [0, 0.05) is 26.2 Å². The second-order valence-electron chi connectivity index (χ2n) is 3.99. The Balaban J connectivity index is 2.57. The zero-order valence-electron chi connectivity index (χ0n) is 9.91. The summed E-state index contributed by atoms with van der Waals surface area (Å²) < 4.78 is 0. The quantitative estimate of drug-likeness (QED) is 0.713. The normalized spacial score (nSPS) is 21.9. The number of likely N-dealkylation sites (N-methyl/N-ethyl adjacent to an activating group) is 1. The zero-order chi connectivity index (χ0) is 11.3. The number of rotatable bonds is 5. The Morgan fingerprint density at radius 2 is 2.13 bits per heavy atom. The number of likely N-dealkylation sites (tertiary alicyclic amines) is 1. The number of carbonyl (C=O) groups is 1. The Labute approximate surface area is 92.4 Å². The molecule has 1 aliphatic rings. The lowest BCUT2D eigenvalue weighted by Crippen LogP contribution is -2.46. The molecule has 4 nitrogen and oxygen atoms in total. The van der Waals surface area contributed by atoms with E-state index in [4.69, 9.17) is 5.73 Å². The van der Waals surface area contributed by atoms with Crippen molar-refractivity contribution in [3.8, 4) is 0 Å². The lowest BCUT2D eigenvalue weighted by Gasteiger charge is -2.28. The predicted molar refractivity (Wildman–Crippen MR) is 61.6 cm³/mol. The largest absolute Gasteiger partial charge is 0.342 e. The molecule has 0 bridgehead atoms. The van der Waals surface area contributed by atoms with E-state index in [1.165, 1.54) is 0 Å². The van der Waals surface area contributed by atoms with E-state index in [0.29, 0.717) is 6.54 Å². The summed E-state index contributed by atoms with van der Waals surface area (Å²) in [6.07, 6.45) is 2.12. The lowest BCUT2D eigenvalue weighted by atomic mass is 10.2. The van der Waals surface area contributed by atoms with Gasteiger partial charge in [-0.05, 0) is 33.2 Å². The first kappa shape index (κ1) is 12.5. The van der Waals surface area contributed by atoms with Gasteiger partial charge in [-0.15, -0.1) is 0 Å². The molecule has 2 N–H and O–H groups in total. The lowest BCUT2D eigenvalue weighted by molar-refractivity contribution is -0.135. The van der Waals surface area contributed by atoms with Crippen molar-refractivity contribution in [1.29, 1.82) is 0 Å². The minimum atomic E-state index is 0.0912. The fourth-order valence-electron chi connectivity index (χ4n) is 2.29. The highest BCUT2D eigenvalue weighted by Crippen LogP contribution is 2.18. The summed E-state index contributed by atoms with van der Waals surface area (Å²) in [7, 11) is 0. The SMILES string of the molecule is CCN(CC)C(=O)C1CCCN1CCN. The van der Waals surface area contributed by atoms with Crippen LogP contribution in [0.25, 0.3) is 0 Å². The molecule has 0 spiro atoms. The van der Waals surface area contributed by atoms with Crippen LogP contribution in [0.5, 0.6) is 0 Å². The first-order chi connectivity index (χ1) is 7.24.